The number of aromatic amines is 1. The summed E-state index contributed by atoms with van der Waals surface area (Å²) in [7, 11) is 0. The van der Waals surface area contributed by atoms with Gasteiger partial charge >= 0.3 is 0 Å². The number of nitrogens with one attached hydrogen (secondary N) is 1. The molecule has 0 radical (unpaired) electrons. The third kappa shape index (κ3) is 3.33. The average molecular weight is 354 g/mol. The van der Waals surface area contributed by atoms with E-state index in [1.165, 1.54) is 0 Å². The average Bonchev–Trinajstić information content (AvgIpc) is 3.33. The molecule has 5 nitrogen and oxygen atoms in total. The van der Waals surface area contributed by atoms with Crippen LogP contribution in [0.5, 0.6) is 5.75 Å². The third-order valence-electron chi connectivity index (χ3n) is 4.26. The van der Waals surface area contributed by atoms with E-state index in [0.717, 1.165) is 28.2 Å². The number of H-pyrrole nitrogens is 1. The highest BCUT2D eigenvalue weighted by molar-refractivity contribution is 5.90. The van der Waals surface area contributed by atoms with Gasteiger partial charge in [-0.25, -0.2) is 4.98 Å². The van der Waals surface area contributed by atoms with Gasteiger partial charge in [0.25, 0.3) is 0 Å². The van der Waals surface area contributed by atoms with E-state index in [1.54, 1.807) is 0 Å². The number of para-hydroxylation sites is 2. The number of aromatic nitrogens is 3. The molecule has 0 unspecified atom stereocenters. The van der Waals surface area contributed by atoms with Crippen molar-refractivity contribution >= 4 is 22.7 Å². The van der Waals surface area contributed by atoms with Crippen LogP contribution in [-0.4, -0.2) is 21.1 Å². The van der Waals surface area contributed by atoms with Crippen molar-refractivity contribution in [2.24, 2.45) is 0 Å². The van der Waals surface area contributed by atoms with Crippen LogP contribution in [0.25, 0.3) is 28.4 Å². The first-order chi connectivity index (χ1) is 13.3. The minimum absolute atomic E-state index is 0.483. The first kappa shape index (κ1) is 16.7. The zero-order valence-electron chi connectivity index (χ0n) is 14.9. The van der Waals surface area contributed by atoms with E-state index in [4.69, 9.17) is 4.74 Å². The summed E-state index contributed by atoms with van der Waals surface area (Å²) in [6.45, 7) is 2.60. The Morgan fingerprint density at radius 1 is 1.15 bits per heavy atom. The normalized spacial score (nSPS) is 11.5. The fraction of sp³-hybridized carbons (Fsp3) is 0.0909. The maximum Gasteiger partial charge on any atom is 0.149 e. The van der Waals surface area contributed by atoms with Crippen molar-refractivity contribution in [3.05, 3.63) is 78.4 Å². The number of allylic oxidation sites excluding steroid dienone is 1. The Balaban J connectivity index is 1.71. The summed E-state index contributed by atoms with van der Waals surface area (Å²) in [5.41, 5.74) is 4.14. The highest BCUT2D eigenvalue weighted by atomic mass is 16.5. The van der Waals surface area contributed by atoms with Crippen LogP contribution < -0.4 is 4.74 Å². The monoisotopic (exact) mass is 354 g/mol. The molecule has 27 heavy (non-hydrogen) atoms. The van der Waals surface area contributed by atoms with Crippen LogP contribution in [0.2, 0.25) is 0 Å². The lowest BCUT2D eigenvalue weighted by Crippen LogP contribution is -1.96. The molecule has 0 fully saturated rings. The summed E-state index contributed by atoms with van der Waals surface area (Å²) in [6, 6.07) is 21.8. The number of ether oxygens (including phenoxy) is 1. The summed E-state index contributed by atoms with van der Waals surface area (Å²) in [4.78, 5) is 7.74. The van der Waals surface area contributed by atoms with Crippen molar-refractivity contribution in [2.45, 2.75) is 6.92 Å². The molecule has 2 heterocycles. The molecule has 0 bridgehead atoms. The van der Waals surface area contributed by atoms with E-state index >= 15 is 0 Å². The second kappa shape index (κ2) is 7.22. The largest absolute Gasteiger partial charge is 0.494 e. The topological polar surface area (TPSA) is 66.6 Å². The maximum absolute atomic E-state index is 9.66. The molecule has 0 spiro atoms. The van der Waals surface area contributed by atoms with Crippen LogP contribution in [0.15, 0.2) is 66.9 Å². The van der Waals surface area contributed by atoms with Crippen molar-refractivity contribution in [3.63, 3.8) is 0 Å². The number of hydrogen-bond acceptors (Lipinski definition) is 3. The van der Waals surface area contributed by atoms with E-state index < -0.39 is 0 Å². The van der Waals surface area contributed by atoms with Gasteiger partial charge in [0.15, 0.2) is 0 Å². The predicted octanol–water partition coefficient (Wildman–Crippen LogP) is 4.82. The highest BCUT2D eigenvalue weighted by Crippen LogP contribution is 2.22. The van der Waals surface area contributed by atoms with E-state index in [0.29, 0.717) is 18.0 Å². The van der Waals surface area contributed by atoms with E-state index in [2.05, 4.69) is 16.0 Å². The van der Waals surface area contributed by atoms with Gasteiger partial charge in [0.2, 0.25) is 0 Å². The summed E-state index contributed by atoms with van der Waals surface area (Å²) >= 11 is 0. The summed E-state index contributed by atoms with van der Waals surface area (Å²) < 4.78 is 7.52. The van der Waals surface area contributed by atoms with Crippen LogP contribution >= 0.6 is 0 Å². The summed E-state index contributed by atoms with van der Waals surface area (Å²) in [5, 5.41) is 9.66. The highest BCUT2D eigenvalue weighted by Gasteiger charge is 2.09. The Kier molecular flexibility index (Phi) is 4.46. The fourth-order valence-electron chi connectivity index (χ4n) is 3.00. The number of nitrogens with zero attached hydrogens (tertiary/aromatic N) is 3. The van der Waals surface area contributed by atoms with Crippen molar-refractivity contribution < 1.29 is 4.74 Å². The van der Waals surface area contributed by atoms with E-state index in [9.17, 15) is 5.26 Å². The molecule has 5 heteroatoms. The van der Waals surface area contributed by atoms with Crippen LogP contribution in [0.1, 0.15) is 18.4 Å². The molecule has 0 aliphatic heterocycles. The first-order valence-corrected chi connectivity index (χ1v) is 8.76. The molecule has 4 rings (SSSR count). The smallest absolute Gasteiger partial charge is 0.149 e. The fourth-order valence-corrected chi connectivity index (χ4v) is 3.00. The van der Waals surface area contributed by atoms with E-state index in [1.807, 2.05) is 84.4 Å². The van der Waals surface area contributed by atoms with Crippen molar-refractivity contribution in [3.8, 4) is 17.5 Å². The molecular weight excluding hydrogens is 336 g/mol. The van der Waals surface area contributed by atoms with Gasteiger partial charge in [-0.3, -0.25) is 0 Å². The number of imidazole rings is 1. The van der Waals surface area contributed by atoms with Crippen LogP contribution in [-0.2, 0) is 0 Å². The van der Waals surface area contributed by atoms with Gasteiger partial charge in [-0.15, -0.1) is 0 Å². The van der Waals surface area contributed by atoms with Crippen molar-refractivity contribution in [1.82, 2.24) is 14.5 Å². The zero-order chi connectivity index (χ0) is 18.6. The van der Waals surface area contributed by atoms with Gasteiger partial charge in [-0.2, -0.15) is 5.26 Å². The van der Waals surface area contributed by atoms with Crippen LogP contribution in [0.3, 0.4) is 0 Å². The molecule has 132 valence electrons. The second-order valence-electron chi connectivity index (χ2n) is 6.00. The molecular formula is C22H18N4O. The van der Waals surface area contributed by atoms with Crippen LogP contribution in [0.4, 0.5) is 0 Å². The van der Waals surface area contributed by atoms with Gasteiger partial charge in [-0.1, -0.05) is 12.1 Å². The number of benzene rings is 2. The van der Waals surface area contributed by atoms with E-state index in [-0.39, 0.29) is 0 Å². The quantitative estimate of drug-likeness (QED) is 0.523. The molecule has 0 saturated carbocycles. The van der Waals surface area contributed by atoms with Gasteiger partial charge in [0.05, 0.1) is 23.2 Å². The van der Waals surface area contributed by atoms with Gasteiger partial charge in [0, 0.05) is 17.6 Å². The molecule has 0 atom stereocenters. The second-order valence-corrected chi connectivity index (χ2v) is 6.00. The van der Waals surface area contributed by atoms with Gasteiger partial charge in [-0.05, 0) is 61.5 Å². The lowest BCUT2D eigenvalue weighted by atomic mass is 10.2. The minimum Gasteiger partial charge on any atom is -0.494 e. The molecule has 0 amide bonds. The lowest BCUT2D eigenvalue weighted by Gasteiger charge is -2.08. The SMILES string of the molecule is CCOc1ccc(-n2cccc2C=C(C#N)c2nc3ccccc3[nH]2)cc1. The summed E-state index contributed by atoms with van der Waals surface area (Å²) in [6.07, 6.45) is 3.81. The molecule has 2 aromatic heterocycles. The lowest BCUT2D eigenvalue weighted by molar-refractivity contribution is 0.340. The third-order valence-corrected chi connectivity index (χ3v) is 4.26. The zero-order valence-corrected chi connectivity index (χ0v) is 14.9. The number of nitriles is 1. The van der Waals surface area contributed by atoms with Crippen molar-refractivity contribution in [1.29, 1.82) is 5.26 Å². The Morgan fingerprint density at radius 3 is 2.70 bits per heavy atom. The predicted molar refractivity (Wildman–Crippen MR) is 107 cm³/mol. The standard InChI is InChI=1S/C22H18N4O/c1-2-27-19-11-9-17(10-12-19)26-13-5-6-18(26)14-16(15-23)22-24-20-7-3-4-8-21(20)25-22/h3-14H,2H2,1H3,(H,24,25). The molecule has 1 N–H and O–H groups in total. The van der Waals surface area contributed by atoms with Gasteiger partial charge < -0.3 is 14.3 Å². The van der Waals surface area contributed by atoms with Crippen molar-refractivity contribution in [2.75, 3.05) is 6.61 Å². The Labute approximate surface area is 157 Å². The number of hydrogen-bond donors (Lipinski definition) is 1. The number of fused-ring (bicyclic) bond motifs is 1. The Bertz CT molecular complexity index is 1110. The Hall–Kier alpha value is -3.78. The summed E-state index contributed by atoms with van der Waals surface area (Å²) in [5.74, 6) is 1.41. The van der Waals surface area contributed by atoms with Crippen LogP contribution in [0, 0.1) is 11.3 Å². The Morgan fingerprint density at radius 2 is 1.96 bits per heavy atom. The minimum atomic E-state index is 0.483. The molecule has 4 aromatic rings. The molecule has 2 aromatic carbocycles. The number of rotatable bonds is 5. The molecule has 0 saturated heterocycles. The van der Waals surface area contributed by atoms with Gasteiger partial charge in [0.1, 0.15) is 17.6 Å². The molecule has 0 aliphatic carbocycles. The first-order valence-electron chi connectivity index (χ1n) is 8.76. The molecule has 0 aliphatic rings. The maximum atomic E-state index is 9.66.